The molecule has 1 atom stereocenters. The highest BCUT2D eigenvalue weighted by molar-refractivity contribution is 6.00. The maximum atomic E-state index is 13.3. The Hall–Kier alpha value is -3.92. The van der Waals surface area contributed by atoms with E-state index in [4.69, 9.17) is 4.74 Å². The smallest absolute Gasteiger partial charge is 0.415 e. The highest BCUT2D eigenvalue weighted by atomic mass is 16.6. The van der Waals surface area contributed by atoms with E-state index in [0.29, 0.717) is 6.42 Å². The predicted molar refractivity (Wildman–Crippen MR) is 171 cm³/mol. The Morgan fingerprint density at radius 2 is 1.61 bits per heavy atom. The number of likely N-dealkylation sites (tertiary alicyclic amines) is 1. The first-order chi connectivity index (χ1) is 20.6. The molecule has 1 aromatic heterocycles. The van der Waals surface area contributed by atoms with E-state index in [1.165, 1.54) is 5.56 Å². The standard InChI is InChI=1S/C34H45N5O5/c1-33(2,3)39(32(43)44-34(4,5)6)24-13-11-22(12-14-24)21-37-19-17-23(18-20-37)25-9-8-10-26-29(25)36(7)31(42)38(26)27-15-16-28(40)35-30(27)41/h8-14,23,27H,15-21H2,1-7H3,(H,35,40,41). The summed E-state index contributed by atoms with van der Waals surface area (Å²) < 4.78 is 8.90. The maximum absolute atomic E-state index is 13.3. The molecule has 2 aromatic carbocycles. The van der Waals surface area contributed by atoms with Gasteiger partial charge in [0.05, 0.1) is 11.0 Å². The number of carbonyl (C=O) groups is 3. The van der Waals surface area contributed by atoms with Gasteiger partial charge in [-0.2, -0.15) is 0 Å². The molecule has 2 aliphatic heterocycles. The Kier molecular flexibility index (Phi) is 8.50. The van der Waals surface area contributed by atoms with Gasteiger partial charge in [-0.05, 0) is 109 Å². The van der Waals surface area contributed by atoms with Crippen molar-refractivity contribution < 1.29 is 19.1 Å². The summed E-state index contributed by atoms with van der Waals surface area (Å²) in [5, 5.41) is 2.38. The molecule has 0 bridgehead atoms. The fourth-order valence-electron chi connectivity index (χ4n) is 6.51. The molecular weight excluding hydrogens is 558 g/mol. The van der Waals surface area contributed by atoms with Crippen LogP contribution in [-0.2, 0) is 27.9 Å². The maximum Gasteiger partial charge on any atom is 0.415 e. The van der Waals surface area contributed by atoms with E-state index in [1.807, 2.05) is 65.8 Å². The van der Waals surface area contributed by atoms with Crippen LogP contribution in [0.25, 0.3) is 11.0 Å². The van der Waals surface area contributed by atoms with Crippen LogP contribution in [0.5, 0.6) is 0 Å². The van der Waals surface area contributed by atoms with E-state index in [1.54, 1.807) is 21.1 Å². The van der Waals surface area contributed by atoms with Crippen molar-refractivity contribution in [1.29, 1.82) is 0 Å². The number of para-hydroxylation sites is 1. The predicted octanol–water partition coefficient (Wildman–Crippen LogP) is 5.24. The summed E-state index contributed by atoms with van der Waals surface area (Å²) in [6.07, 6.45) is 2.08. The summed E-state index contributed by atoms with van der Waals surface area (Å²) in [6.45, 7) is 14.2. The van der Waals surface area contributed by atoms with Gasteiger partial charge in [0.2, 0.25) is 11.8 Å². The molecule has 10 heteroatoms. The minimum Gasteiger partial charge on any atom is -0.443 e. The van der Waals surface area contributed by atoms with Gasteiger partial charge in [-0.15, -0.1) is 0 Å². The zero-order valence-electron chi connectivity index (χ0n) is 27.0. The molecule has 1 unspecified atom stereocenters. The van der Waals surface area contributed by atoms with Crippen molar-refractivity contribution in [2.75, 3.05) is 18.0 Å². The first-order valence-corrected chi connectivity index (χ1v) is 15.5. The van der Waals surface area contributed by atoms with Crippen molar-refractivity contribution in [3.8, 4) is 0 Å². The number of carbonyl (C=O) groups excluding carboxylic acids is 3. The van der Waals surface area contributed by atoms with Crippen molar-refractivity contribution in [2.45, 2.75) is 96.9 Å². The zero-order chi connectivity index (χ0) is 32.0. The normalized spacial score (nSPS) is 18.8. The first kappa shape index (κ1) is 31.5. The van der Waals surface area contributed by atoms with E-state index in [2.05, 4.69) is 28.4 Å². The van der Waals surface area contributed by atoms with Crippen molar-refractivity contribution in [3.63, 3.8) is 0 Å². The average Bonchev–Trinajstić information content (AvgIpc) is 3.18. The highest BCUT2D eigenvalue weighted by Gasteiger charge is 2.34. The molecule has 5 rings (SSSR count). The summed E-state index contributed by atoms with van der Waals surface area (Å²) >= 11 is 0. The largest absolute Gasteiger partial charge is 0.443 e. The number of rotatable bonds is 5. The van der Waals surface area contributed by atoms with Gasteiger partial charge in [-0.25, -0.2) is 9.59 Å². The van der Waals surface area contributed by atoms with Crippen LogP contribution < -0.4 is 15.9 Å². The third-order valence-corrected chi connectivity index (χ3v) is 8.53. The van der Waals surface area contributed by atoms with Crippen LogP contribution in [0.1, 0.15) is 90.3 Å². The Balaban J connectivity index is 1.28. The fraction of sp³-hybridized carbons (Fsp3) is 0.529. The lowest BCUT2D eigenvalue weighted by Crippen LogP contribution is -2.48. The summed E-state index contributed by atoms with van der Waals surface area (Å²) in [4.78, 5) is 54.9. The third kappa shape index (κ3) is 6.45. The number of hydrogen-bond acceptors (Lipinski definition) is 6. The van der Waals surface area contributed by atoms with Crippen LogP contribution in [0, 0.1) is 0 Å². The highest BCUT2D eigenvalue weighted by Crippen LogP contribution is 2.35. The molecule has 236 valence electrons. The lowest BCUT2D eigenvalue weighted by Gasteiger charge is -2.37. The summed E-state index contributed by atoms with van der Waals surface area (Å²) in [5.74, 6) is -0.427. The van der Waals surface area contributed by atoms with Gasteiger partial charge >= 0.3 is 11.8 Å². The van der Waals surface area contributed by atoms with Gasteiger partial charge in [-0.1, -0.05) is 24.3 Å². The lowest BCUT2D eigenvalue weighted by molar-refractivity contribution is -0.135. The minimum absolute atomic E-state index is 0.221. The Bertz CT molecular complexity index is 1610. The number of aromatic nitrogens is 2. The number of nitrogens with one attached hydrogen (secondary N) is 1. The number of anilines is 1. The monoisotopic (exact) mass is 603 g/mol. The molecule has 0 aliphatic carbocycles. The van der Waals surface area contributed by atoms with E-state index in [0.717, 1.165) is 54.8 Å². The average molecular weight is 604 g/mol. The molecule has 0 saturated carbocycles. The van der Waals surface area contributed by atoms with Crippen molar-refractivity contribution in [1.82, 2.24) is 19.4 Å². The van der Waals surface area contributed by atoms with Gasteiger partial charge in [0, 0.05) is 31.2 Å². The van der Waals surface area contributed by atoms with Crippen LogP contribution in [0.15, 0.2) is 47.3 Å². The van der Waals surface area contributed by atoms with Crippen molar-refractivity contribution in [3.05, 3.63) is 64.1 Å². The van der Waals surface area contributed by atoms with Crippen LogP contribution in [-0.4, -0.2) is 56.2 Å². The summed E-state index contributed by atoms with van der Waals surface area (Å²) in [5.41, 5.74) is 3.45. The van der Waals surface area contributed by atoms with Gasteiger partial charge < -0.3 is 4.74 Å². The van der Waals surface area contributed by atoms with Crippen molar-refractivity contribution >= 4 is 34.6 Å². The van der Waals surface area contributed by atoms with Crippen molar-refractivity contribution in [2.24, 2.45) is 7.05 Å². The van der Waals surface area contributed by atoms with Crippen LogP contribution in [0.2, 0.25) is 0 Å². The summed E-state index contributed by atoms with van der Waals surface area (Å²) in [7, 11) is 1.76. The summed E-state index contributed by atoms with van der Waals surface area (Å²) in [6, 6.07) is 13.4. The molecule has 2 fully saturated rings. The number of ether oxygens (including phenoxy) is 1. The van der Waals surface area contributed by atoms with Crippen LogP contribution in [0.3, 0.4) is 0 Å². The quantitative estimate of drug-likeness (QED) is 0.400. The Labute approximate surface area is 259 Å². The van der Waals surface area contributed by atoms with E-state index >= 15 is 0 Å². The SMILES string of the molecule is Cn1c(=O)n(C2CCC(=O)NC2=O)c2cccc(C3CCN(Cc4ccc(N(C(=O)OC(C)(C)C)C(C)(C)C)cc4)CC3)c21. The number of amides is 3. The molecule has 44 heavy (non-hydrogen) atoms. The zero-order valence-corrected chi connectivity index (χ0v) is 27.0. The van der Waals surface area contributed by atoms with E-state index in [9.17, 15) is 19.2 Å². The lowest BCUT2D eigenvalue weighted by atomic mass is 9.88. The van der Waals surface area contributed by atoms with Crippen LogP contribution >= 0.6 is 0 Å². The molecule has 1 N–H and O–H groups in total. The number of piperidine rings is 2. The number of fused-ring (bicyclic) bond motifs is 1. The molecule has 0 spiro atoms. The number of benzene rings is 2. The minimum atomic E-state index is -0.688. The number of hydrogen-bond donors (Lipinski definition) is 1. The van der Waals surface area contributed by atoms with Gasteiger partial charge in [0.25, 0.3) is 0 Å². The van der Waals surface area contributed by atoms with Gasteiger partial charge in [0.15, 0.2) is 0 Å². The molecular formula is C34H45N5O5. The van der Waals surface area contributed by atoms with Gasteiger partial charge in [-0.3, -0.25) is 33.8 Å². The van der Waals surface area contributed by atoms with E-state index in [-0.39, 0.29) is 30.0 Å². The number of imidazole rings is 1. The Morgan fingerprint density at radius 3 is 2.20 bits per heavy atom. The second kappa shape index (κ2) is 11.9. The topological polar surface area (TPSA) is 106 Å². The van der Waals surface area contributed by atoms with E-state index < -0.39 is 23.1 Å². The molecule has 3 aromatic rings. The van der Waals surface area contributed by atoms with Crippen LogP contribution in [0.4, 0.5) is 10.5 Å². The molecule has 0 radical (unpaired) electrons. The molecule has 10 nitrogen and oxygen atoms in total. The Morgan fingerprint density at radius 1 is 0.955 bits per heavy atom. The molecule has 3 amide bonds. The molecule has 2 aliphatic rings. The number of imide groups is 1. The second-order valence-corrected chi connectivity index (χ2v) is 14.1. The third-order valence-electron chi connectivity index (χ3n) is 8.53. The fourth-order valence-corrected chi connectivity index (χ4v) is 6.51. The first-order valence-electron chi connectivity index (χ1n) is 15.5. The second-order valence-electron chi connectivity index (χ2n) is 14.1. The molecule has 3 heterocycles. The molecule has 2 saturated heterocycles. The van der Waals surface area contributed by atoms with Gasteiger partial charge in [0.1, 0.15) is 11.6 Å². The number of nitrogens with zero attached hydrogens (tertiary/aromatic N) is 4. The number of aryl methyl sites for hydroxylation is 1.